The van der Waals surface area contributed by atoms with Gasteiger partial charge in [0.2, 0.25) is 0 Å². The SMILES string of the molecule is Cc1ccc2oc(SCc3ccc(C(=O)NCCC(c4ccccc4)c4ccccc4)o3)nc2c1. The van der Waals surface area contributed by atoms with Gasteiger partial charge in [0, 0.05) is 12.5 Å². The molecule has 0 bridgehead atoms. The third-order valence-corrected chi connectivity index (χ3v) is 6.72. The zero-order valence-corrected chi connectivity index (χ0v) is 20.3. The van der Waals surface area contributed by atoms with E-state index in [-0.39, 0.29) is 11.8 Å². The largest absolute Gasteiger partial charge is 0.455 e. The third kappa shape index (κ3) is 5.66. The Bertz CT molecular complexity index is 1370. The fraction of sp³-hybridized carbons (Fsp3) is 0.172. The Kier molecular flexibility index (Phi) is 7.00. The van der Waals surface area contributed by atoms with Crippen molar-refractivity contribution in [1.29, 1.82) is 0 Å². The van der Waals surface area contributed by atoms with Gasteiger partial charge in [-0.1, -0.05) is 78.5 Å². The van der Waals surface area contributed by atoms with Crippen molar-refractivity contribution in [1.82, 2.24) is 10.3 Å². The highest BCUT2D eigenvalue weighted by molar-refractivity contribution is 7.98. The number of amides is 1. The number of thioether (sulfide) groups is 1. The number of aromatic nitrogens is 1. The van der Waals surface area contributed by atoms with E-state index in [0.29, 0.717) is 29.0 Å². The fourth-order valence-corrected chi connectivity index (χ4v) is 4.83. The molecule has 0 spiro atoms. The number of fused-ring (bicyclic) bond motifs is 1. The van der Waals surface area contributed by atoms with Gasteiger partial charge in [0.05, 0.1) is 5.75 Å². The van der Waals surface area contributed by atoms with Gasteiger partial charge in [0.25, 0.3) is 11.1 Å². The van der Waals surface area contributed by atoms with Crippen molar-refractivity contribution in [3.05, 3.63) is 119 Å². The molecule has 0 aliphatic rings. The molecule has 2 aromatic heterocycles. The Labute approximate surface area is 208 Å². The first-order valence-electron chi connectivity index (χ1n) is 11.6. The van der Waals surface area contributed by atoms with Crippen LogP contribution in [0.5, 0.6) is 0 Å². The lowest BCUT2D eigenvalue weighted by Gasteiger charge is -2.18. The van der Waals surface area contributed by atoms with E-state index in [1.54, 1.807) is 6.07 Å². The van der Waals surface area contributed by atoms with Crippen LogP contribution >= 0.6 is 11.8 Å². The van der Waals surface area contributed by atoms with Crippen LogP contribution in [0.15, 0.2) is 105 Å². The van der Waals surface area contributed by atoms with Crippen molar-refractivity contribution in [2.45, 2.75) is 30.2 Å². The minimum Gasteiger partial charge on any atom is -0.455 e. The first-order chi connectivity index (χ1) is 17.2. The van der Waals surface area contributed by atoms with Crippen LogP contribution in [0.25, 0.3) is 11.1 Å². The van der Waals surface area contributed by atoms with Crippen molar-refractivity contribution < 1.29 is 13.6 Å². The molecule has 5 nitrogen and oxygen atoms in total. The van der Waals surface area contributed by atoms with Crippen LogP contribution < -0.4 is 5.32 Å². The normalized spacial score (nSPS) is 11.3. The van der Waals surface area contributed by atoms with E-state index in [9.17, 15) is 4.79 Å². The van der Waals surface area contributed by atoms with Crippen molar-refractivity contribution in [2.24, 2.45) is 0 Å². The van der Waals surface area contributed by atoms with Gasteiger partial charge in [-0.25, -0.2) is 4.98 Å². The number of nitrogens with one attached hydrogen (secondary N) is 1. The zero-order chi connectivity index (χ0) is 24.0. The molecule has 0 fully saturated rings. The van der Waals surface area contributed by atoms with Crippen molar-refractivity contribution in [3.8, 4) is 0 Å². The molecule has 5 aromatic rings. The molecular weight excluding hydrogens is 456 g/mol. The average Bonchev–Trinajstić information content (AvgIpc) is 3.53. The van der Waals surface area contributed by atoms with Gasteiger partial charge in [-0.2, -0.15) is 0 Å². The molecule has 176 valence electrons. The third-order valence-electron chi connectivity index (χ3n) is 5.87. The number of nitrogens with zero attached hydrogens (tertiary/aromatic N) is 1. The summed E-state index contributed by atoms with van der Waals surface area (Å²) in [6, 6.07) is 30.2. The molecule has 0 saturated carbocycles. The maximum Gasteiger partial charge on any atom is 0.286 e. The summed E-state index contributed by atoms with van der Waals surface area (Å²) in [5.41, 5.74) is 5.22. The summed E-state index contributed by atoms with van der Waals surface area (Å²) in [5, 5.41) is 3.59. The lowest BCUT2D eigenvalue weighted by atomic mass is 9.88. The number of rotatable bonds is 9. The Morgan fingerprint density at radius 3 is 2.34 bits per heavy atom. The topological polar surface area (TPSA) is 68.3 Å². The van der Waals surface area contributed by atoms with E-state index in [4.69, 9.17) is 8.83 Å². The second kappa shape index (κ2) is 10.7. The maximum atomic E-state index is 12.7. The van der Waals surface area contributed by atoms with Gasteiger partial charge in [-0.3, -0.25) is 4.79 Å². The highest BCUT2D eigenvalue weighted by atomic mass is 32.2. The molecule has 5 rings (SSSR count). The van der Waals surface area contributed by atoms with Crippen molar-refractivity contribution in [3.63, 3.8) is 0 Å². The first-order valence-corrected chi connectivity index (χ1v) is 12.6. The van der Waals surface area contributed by atoms with E-state index in [0.717, 1.165) is 23.1 Å². The zero-order valence-electron chi connectivity index (χ0n) is 19.4. The summed E-state index contributed by atoms with van der Waals surface area (Å²) in [7, 11) is 0. The van der Waals surface area contributed by atoms with Crippen LogP contribution in [0.4, 0.5) is 0 Å². The van der Waals surface area contributed by atoms with Crippen LogP contribution in [0.2, 0.25) is 0 Å². The number of aryl methyl sites for hydroxylation is 1. The second-order valence-corrected chi connectivity index (χ2v) is 9.35. The molecule has 6 heteroatoms. The number of carbonyl (C=O) groups excluding carboxylic acids is 1. The van der Waals surface area contributed by atoms with E-state index in [2.05, 4.69) is 34.6 Å². The van der Waals surface area contributed by atoms with Crippen LogP contribution in [0.3, 0.4) is 0 Å². The van der Waals surface area contributed by atoms with Crippen LogP contribution in [0.1, 0.15) is 45.3 Å². The Hall–Kier alpha value is -3.77. The molecule has 1 N–H and O–H groups in total. The minimum absolute atomic E-state index is 0.210. The molecule has 0 aliphatic heterocycles. The molecule has 1 amide bonds. The van der Waals surface area contributed by atoms with Gasteiger partial charge in [-0.05, 0) is 54.3 Å². The monoisotopic (exact) mass is 482 g/mol. The number of benzene rings is 3. The van der Waals surface area contributed by atoms with Crippen LogP contribution in [-0.4, -0.2) is 17.4 Å². The smallest absolute Gasteiger partial charge is 0.286 e. The highest BCUT2D eigenvalue weighted by Crippen LogP contribution is 2.28. The molecule has 0 radical (unpaired) electrons. The highest BCUT2D eigenvalue weighted by Gasteiger charge is 2.16. The molecule has 35 heavy (non-hydrogen) atoms. The van der Waals surface area contributed by atoms with Gasteiger partial charge < -0.3 is 14.2 Å². The summed E-state index contributed by atoms with van der Waals surface area (Å²) < 4.78 is 11.6. The van der Waals surface area contributed by atoms with E-state index in [1.807, 2.05) is 67.6 Å². The molecular formula is C29H26N2O3S. The lowest BCUT2D eigenvalue weighted by molar-refractivity contribution is 0.0923. The molecule has 0 saturated heterocycles. The van der Waals surface area contributed by atoms with E-state index in [1.165, 1.54) is 22.9 Å². The average molecular weight is 483 g/mol. The van der Waals surface area contributed by atoms with E-state index < -0.39 is 0 Å². The number of carbonyl (C=O) groups is 1. The van der Waals surface area contributed by atoms with E-state index >= 15 is 0 Å². The maximum absolute atomic E-state index is 12.7. The number of hydrogen-bond donors (Lipinski definition) is 1. The molecule has 0 atom stereocenters. The second-order valence-electron chi connectivity index (χ2n) is 8.42. The van der Waals surface area contributed by atoms with Crippen LogP contribution in [-0.2, 0) is 5.75 Å². The Morgan fingerprint density at radius 2 is 1.63 bits per heavy atom. The number of furan rings is 1. The van der Waals surface area contributed by atoms with Crippen molar-refractivity contribution in [2.75, 3.05) is 6.54 Å². The Morgan fingerprint density at radius 1 is 0.914 bits per heavy atom. The van der Waals surface area contributed by atoms with Crippen molar-refractivity contribution >= 4 is 28.8 Å². The summed E-state index contributed by atoms with van der Waals surface area (Å²) in [6.07, 6.45) is 0.792. The first kappa shape index (κ1) is 23.0. The summed E-state index contributed by atoms with van der Waals surface area (Å²) in [4.78, 5) is 17.2. The van der Waals surface area contributed by atoms with Gasteiger partial charge in [-0.15, -0.1) is 0 Å². The molecule has 0 aliphatic carbocycles. The predicted molar refractivity (Wildman–Crippen MR) is 139 cm³/mol. The van der Waals surface area contributed by atoms with Crippen LogP contribution in [0, 0.1) is 6.92 Å². The molecule has 3 aromatic carbocycles. The van der Waals surface area contributed by atoms with Gasteiger partial charge >= 0.3 is 0 Å². The summed E-state index contributed by atoms with van der Waals surface area (Å²) in [6.45, 7) is 2.57. The number of oxazole rings is 1. The Balaban J connectivity index is 1.17. The molecule has 0 unspecified atom stereocenters. The predicted octanol–water partition coefficient (Wildman–Crippen LogP) is 6.97. The van der Waals surface area contributed by atoms with Gasteiger partial charge in [0.1, 0.15) is 11.3 Å². The summed E-state index contributed by atoms with van der Waals surface area (Å²) >= 11 is 1.44. The van der Waals surface area contributed by atoms with Gasteiger partial charge in [0.15, 0.2) is 11.3 Å². The molecule has 2 heterocycles. The quantitative estimate of drug-likeness (QED) is 0.230. The lowest BCUT2D eigenvalue weighted by Crippen LogP contribution is -2.25. The number of hydrogen-bond acceptors (Lipinski definition) is 5. The standard InChI is InChI=1S/C29H26N2O3S/c1-20-12-14-26-25(18-20)31-29(34-26)35-19-23-13-15-27(33-23)28(32)30-17-16-24(21-8-4-2-5-9-21)22-10-6-3-7-11-22/h2-15,18,24H,16-17,19H2,1H3,(H,30,32). The summed E-state index contributed by atoms with van der Waals surface area (Å²) in [5.74, 6) is 1.54. The fourth-order valence-electron chi connectivity index (χ4n) is 4.10. The minimum atomic E-state index is -0.210.